The highest BCUT2D eigenvalue weighted by Gasteiger charge is 2.52. The molecule has 3 aliphatic rings. The molecule has 0 saturated carbocycles. The summed E-state index contributed by atoms with van der Waals surface area (Å²) >= 11 is 13.9. The fourth-order valence-corrected chi connectivity index (χ4v) is 7.62. The van der Waals surface area contributed by atoms with Crippen molar-refractivity contribution >= 4 is 40.7 Å². The van der Waals surface area contributed by atoms with Crippen LogP contribution < -0.4 is 10.1 Å². The van der Waals surface area contributed by atoms with Gasteiger partial charge in [0, 0.05) is 106 Å². The number of likely N-dealkylation sites (tertiary alicyclic amines) is 2. The maximum atomic E-state index is 13.4. The first-order valence-electron chi connectivity index (χ1n) is 15.6. The molecule has 2 amide bonds. The van der Waals surface area contributed by atoms with Gasteiger partial charge in [-0.15, -0.1) is 0 Å². The highest BCUT2D eigenvalue weighted by Crippen LogP contribution is 2.42. The molecule has 0 radical (unpaired) electrons. The van der Waals surface area contributed by atoms with Gasteiger partial charge in [0.25, 0.3) is 5.91 Å². The largest absolute Gasteiger partial charge is 0.481 e. The van der Waals surface area contributed by atoms with Gasteiger partial charge in [-0.2, -0.15) is 4.98 Å². The van der Waals surface area contributed by atoms with Crippen LogP contribution >= 0.6 is 23.2 Å². The second-order valence-electron chi connectivity index (χ2n) is 12.9. The Labute approximate surface area is 283 Å². The lowest BCUT2D eigenvalue weighted by molar-refractivity contribution is -0.157. The van der Waals surface area contributed by atoms with E-state index in [2.05, 4.69) is 25.1 Å². The van der Waals surface area contributed by atoms with Crippen molar-refractivity contribution in [2.45, 2.75) is 26.4 Å². The molecular weight excluding hydrogens is 639 g/mol. The summed E-state index contributed by atoms with van der Waals surface area (Å²) in [6, 6.07) is 11.1. The Morgan fingerprint density at radius 3 is 2.40 bits per heavy atom. The van der Waals surface area contributed by atoms with Gasteiger partial charge >= 0.3 is 0 Å². The molecule has 2 aromatic heterocycles. The normalized spacial score (nSPS) is 17.2. The number of nitrogens with one attached hydrogen (secondary N) is 1. The molecule has 2 saturated heterocycles. The van der Waals surface area contributed by atoms with Crippen LogP contribution in [0.4, 0.5) is 5.69 Å². The highest BCUT2D eigenvalue weighted by molar-refractivity contribution is 6.39. The van der Waals surface area contributed by atoms with E-state index in [9.17, 15) is 9.59 Å². The first-order chi connectivity index (χ1) is 22.6. The summed E-state index contributed by atoms with van der Waals surface area (Å²) < 4.78 is 7.54. The molecule has 13 heteroatoms. The van der Waals surface area contributed by atoms with E-state index in [1.165, 1.54) is 0 Å². The van der Waals surface area contributed by atoms with Crippen molar-refractivity contribution in [2.75, 3.05) is 52.2 Å². The van der Waals surface area contributed by atoms with Crippen molar-refractivity contribution < 1.29 is 14.3 Å². The molecule has 0 aliphatic carbocycles. The lowest BCUT2D eigenvalue weighted by Crippen LogP contribution is -2.72. The number of aromatic nitrogens is 4. The molecule has 7 rings (SSSR count). The summed E-state index contributed by atoms with van der Waals surface area (Å²) in [7, 11) is 5.52. The van der Waals surface area contributed by atoms with Crippen LogP contribution in [-0.2, 0) is 31.4 Å². The molecule has 2 fully saturated rings. The maximum Gasteiger partial charge on any atom is 0.291 e. The minimum Gasteiger partial charge on any atom is -0.481 e. The second kappa shape index (κ2) is 12.2. The molecule has 1 spiro atoms. The predicted octanol–water partition coefficient (Wildman–Crippen LogP) is 4.76. The Balaban J connectivity index is 1.09. The van der Waals surface area contributed by atoms with Gasteiger partial charge in [0.15, 0.2) is 11.6 Å². The van der Waals surface area contributed by atoms with E-state index in [0.717, 1.165) is 56.1 Å². The predicted molar refractivity (Wildman–Crippen MR) is 181 cm³/mol. The third-order valence-electron chi connectivity index (χ3n) is 9.45. The number of hydrogen-bond acceptors (Lipinski definition) is 8. The van der Waals surface area contributed by atoms with Crippen molar-refractivity contribution in [1.82, 2.24) is 34.2 Å². The van der Waals surface area contributed by atoms with Crippen LogP contribution in [0, 0.1) is 5.41 Å². The van der Waals surface area contributed by atoms with E-state index < -0.39 is 0 Å². The molecule has 0 atom stereocenters. The third-order valence-corrected chi connectivity index (χ3v) is 10.3. The molecule has 244 valence electrons. The summed E-state index contributed by atoms with van der Waals surface area (Å²) in [6.07, 6.45) is 2.63. The molecular formula is C34H36Cl2N8O3. The molecule has 4 aromatic rings. The van der Waals surface area contributed by atoms with Crippen LogP contribution in [0.5, 0.6) is 5.88 Å². The standard InChI is InChI=1S/C34H36Cl2N8O3/c1-20(45)44-18-34(19-44)16-43(17-34)14-21-13-37-30(40-33(21)47-4)24-9-5-7-22(28(24)35)23-8-6-10-25(29(23)36)39-32(46)31-38-26-15-41(2)12-11-27(26)42(31)3/h5-10,13H,11-12,14-19H2,1-4H3,(H,39,46). The summed E-state index contributed by atoms with van der Waals surface area (Å²) in [5.41, 5.74) is 5.52. The van der Waals surface area contributed by atoms with Crippen molar-refractivity contribution in [1.29, 1.82) is 0 Å². The maximum absolute atomic E-state index is 13.4. The van der Waals surface area contributed by atoms with Crippen LogP contribution in [0.1, 0.15) is 34.5 Å². The number of nitrogens with zero attached hydrogens (tertiary/aromatic N) is 7. The fourth-order valence-electron chi connectivity index (χ4n) is 7.04. The Hall–Kier alpha value is -4.03. The average molecular weight is 676 g/mol. The molecule has 2 aromatic carbocycles. The first kappa shape index (κ1) is 31.6. The minimum absolute atomic E-state index is 0.135. The Kier molecular flexibility index (Phi) is 8.20. The number of methoxy groups -OCH3 is 1. The zero-order valence-electron chi connectivity index (χ0n) is 26.8. The number of rotatable bonds is 7. The van der Waals surface area contributed by atoms with Gasteiger partial charge in [0.1, 0.15) is 0 Å². The van der Waals surface area contributed by atoms with Crippen molar-refractivity contribution in [3.05, 3.63) is 75.4 Å². The van der Waals surface area contributed by atoms with Gasteiger partial charge in [-0.3, -0.25) is 14.5 Å². The lowest BCUT2D eigenvalue weighted by Gasteiger charge is -2.60. The molecule has 5 heterocycles. The van der Waals surface area contributed by atoms with Gasteiger partial charge in [-0.05, 0) is 19.2 Å². The zero-order chi connectivity index (χ0) is 33.0. The number of likely N-dealkylation sites (N-methyl/N-ethyl adjacent to an activating group) is 1. The van der Waals surface area contributed by atoms with E-state index in [1.807, 2.05) is 53.9 Å². The molecule has 1 N–H and O–H groups in total. The monoisotopic (exact) mass is 674 g/mol. The molecule has 0 unspecified atom stereocenters. The number of ether oxygens (including phenoxy) is 1. The Morgan fingerprint density at radius 1 is 0.979 bits per heavy atom. The van der Waals surface area contributed by atoms with E-state index in [0.29, 0.717) is 63.0 Å². The quantitative estimate of drug-likeness (QED) is 0.299. The van der Waals surface area contributed by atoms with Gasteiger partial charge in [0.2, 0.25) is 11.8 Å². The van der Waals surface area contributed by atoms with Gasteiger partial charge in [-0.25, -0.2) is 9.97 Å². The zero-order valence-corrected chi connectivity index (χ0v) is 28.3. The number of benzene rings is 2. The highest BCUT2D eigenvalue weighted by atomic mass is 35.5. The van der Waals surface area contributed by atoms with Crippen LogP contribution in [0.25, 0.3) is 22.5 Å². The molecule has 0 bridgehead atoms. The number of imidazole rings is 1. The smallest absolute Gasteiger partial charge is 0.291 e. The fraction of sp³-hybridized carbons (Fsp3) is 0.382. The van der Waals surface area contributed by atoms with E-state index >= 15 is 0 Å². The SMILES string of the molecule is COc1nc(-c2cccc(-c3cccc(NC(=O)c4nc5c(n4C)CCN(C)C5)c3Cl)c2Cl)ncc1CN1CC2(C1)CN(C(C)=O)C2. The Bertz CT molecular complexity index is 1900. The van der Waals surface area contributed by atoms with Crippen molar-refractivity contribution in [3.63, 3.8) is 0 Å². The second-order valence-corrected chi connectivity index (χ2v) is 13.7. The van der Waals surface area contributed by atoms with E-state index in [-0.39, 0.29) is 17.2 Å². The lowest BCUT2D eigenvalue weighted by atomic mass is 9.72. The number of halogens is 2. The third kappa shape index (κ3) is 5.75. The Morgan fingerprint density at radius 2 is 1.68 bits per heavy atom. The van der Waals surface area contributed by atoms with Gasteiger partial charge < -0.3 is 24.4 Å². The number of hydrogen-bond donors (Lipinski definition) is 1. The first-order valence-corrected chi connectivity index (χ1v) is 16.3. The number of carbonyl (C=O) groups excluding carboxylic acids is 2. The van der Waals surface area contributed by atoms with E-state index in [1.54, 1.807) is 26.3 Å². The molecule has 11 nitrogen and oxygen atoms in total. The summed E-state index contributed by atoms with van der Waals surface area (Å²) in [4.78, 5) is 45.4. The number of amides is 2. The average Bonchev–Trinajstić information content (AvgIpc) is 3.34. The topological polar surface area (TPSA) is 109 Å². The number of anilines is 1. The molecule has 47 heavy (non-hydrogen) atoms. The van der Waals surface area contributed by atoms with Crippen LogP contribution in [-0.4, -0.2) is 92.9 Å². The molecule has 3 aliphatic heterocycles. The summed E-state index contributed by atoms with van der Waals surface area (Å²) in [5.74, 6) is 1.07. The van der Waals surface area contributed by atoms with Crippen LogP contribution in [0.2, 0.25) is 10.0 Å². The summed E-state index contributed by atoms with van der Waals surface area (Å²) in [5, 5.41) is 3.74. The number of fused-ring (bicyclic) bond motifs is 1. The van der Waals surface area contributed by atoms with Gasteiger partial charge in [0.05, 0.1) is 28.5 Å². The minimum atomic E-state index is -0.330. The van der Waals surface area contributed by atoms with Crippen LogP contribution in [0.15, 0.2) is 42.6 Å². The van der Waals surface area contributed by atoms with Crippen LogP contribution in [0.3, 0.4) is 0 Å². The van der Waals surface area contributed by atoms with E-state index in [4.69, 9.17) is 32.9 Å². The summed E-state index contributed by atoms with van der Waals surface area (Å²) in [6.45, 7) is 7.41. The number of carbonyl (C=O) groups is 2. The van der Waals surface area contributed by atoms with Gasteiger partial charge in [-0.1, -0.05) is 47.5 Å². The van der Waals surface area contributed by atoms with Crippen molar-refractivity contribution in [2.24, 2.45) is 12.5 Å². The van der Waals surface area contributed by atoms with Crippen molar-refractivity contribution in [3.8, 4) is 28.4 Å².